The molecule has 1 saturated heterocycles. The maximum absolute atomic E-state index is 13.3. The Labute approximate surface area is 265 Å². The van der Waals surface area contributed by atoms with E-state index in [1.807, 2.05) is 43.0 Å². The van der Waals surface area contributed by atoms with Gasteiger partial charge in [0.25, 0.3) is 0 Å². The molecular weight excluding hydrogens is 701 g/mol. The van der Waals surface area contributed by atoms with Crippen molar-refractivity contribution >= 4 is 92.4 Å². The normalized spacial score (nSPS) is 18.1. The molecule has 0 bridgehead atoms. The van der Waals surface area contributed by atoms with E-state index in [0.29, 0.717) is 35.2 Å². The molecule has 2 amide bonds. The summed E-state index contributed by atoms with van der Waals surface area (Å²) in [6.45, 7) is 2.20. The SMILES string of the molecule is CCC(=CC=C1[Se]c2ccc(C)cc2N1CCCS(=O)(=O)[O-])C=c1s/c(=C2/SC(=O)N(CC(=O)[O-])C2=O)n(CC(=O)[O-])c1=O. The molecular formula is C27H24N3O10S3Se-3. The molecule has 13 nitrogen and oxygen atoms in total. The number of thiazole rings is 1. The van der Waals surface area contributed by atoms with Crippen molar-refractivity contribution in [3.05, 3.63) is 65.6 Å². The average Bonchev–Trinajstić information content (AvgIpc) is 3.52. The van der Waals surface area contributed by atoms with Crippen LogP contribution in [0.3, 0.4) is 0 Å². The van der Waals surface area contributed by atoms with Crippen LogP contribution < -0.4 is 34.3 Å². The number of anilines is 1. The second-order valence-electron chi connectivity index (χ2n) is 9.58. The predicted molar refractivity (Wildman–Crippen MR) is 160 cm³/mol. The molecule has 1 aromatic carbocycles. The van der Waals surface area contributed by atoms with Crippen LogP contribution in [0.2, 0.25) is 0 Å². The van der Waals surface area contributed by atoms with E-state index >= 15 is 0 Å². The van der Waals surface area contributed by atoms with Crippen LogP contribution in [0.15, 0.2) is 45.3 Å². The van der Waals surface area contributed by atoms with Gasteiger partial charge < -0.3 is 9.90 Å². The van der Waals surface area contributed by atoms with Crippen LogP contribution in [0.1, 0.15) is 25.3 Å². The fourth-order valence-corrected chi connectivity index (χ4v) is 9.19. The summed E-state index contributed by atoms with van der Waals surface area (Å²) < 4.78 is 36.3. The molecule has 3 heterocycles. The van der Waals surface area contributed by atoms with Crippen molar-refractivity contribution in [1.82, 2.24) is 9.47 Å². The van der Waals surface area contributed by atoms with E-state index in [-0.39, 0.29) is 35.5 Å². The topological polar surface area (TPSA) is 200 Å². The van der Waals surface area contributed by atoms with Crippen molar-refractivity contribution in [3.63, 3.8) is 0 Å². The van der Waals surface area contributed by atoms with Gasteiger partial charge in [0, 0.05) is 0 Å². The van der Waals surface area contributed by atoms with Gasteiger partial charge in [-0.2, -0.15) is 0 Å². The summed E-state index contributed by atoms with van der Waals surface area (Å²) >= 11 is 1.05. The summed E-state index contributed by atoms with van der Waals surface area (Å²) in [6, 6.07) is 5.98. The van der Waals surface area contributed by atoms with Crippen molar-refractivity contribution in [1.29, 1.82) is 0 Å². The molecule has 2 aliphatic rings. The number of carboxylic acid groups (broad SMARTS) is 2. The van der Waals surface area contributed by atoms with Crippen molar-refractivity contribution in [2.24, 2.45) is 0 Å². The molecule has 44 heavy (non-hydrogen) atoms. The molecule has 1 fully saturated rings. The fourth-order valence-electron chi connectivity index (χ4n) is 4.33. The molecule has 2 aliphatic heterocycles. The first kappa shape index (κ1) is 33.4. The van der Waals surface area contributed by atoms with Crippen LogP contribution in [0, 0.1) is 6.92 Å². The Kier molecular flexibility index (Phi) is 10.4. The van der Waals surface area contributed by atoms with E-state index in [1.165, 1.54) is 0 Å². The molecule has 0 N–H and O–H groups in total. The zero-order valence-electron chi connectivity index (χ0n) is 23.3. The Morgan fingerprint density at radius 2 is 1.77 bits per heavy atom. The van der Waals surface area contributed by atoms with Gasteiger partial charge in [-0.05, 0) is 0 Å². The van der Waals surface area contributed by atoms with Crippen molar-refractivity contribution in [3.8, 4) is 0 Å². The summed E-state index contributed by atoms with van der Waals surface area (Å²) in [4.78, 5) is 62.9. The zero-order valence-corrected chi connectivity index (χ0v) is 27.4. The van der Waals surface area contributed by atoms with E-state index in [9.17, 15) is 47.2 Å². The Bertz CT molecular complexity index is 1910. The van der Waals surface area contributed by atoms with Gasteiger partial charge in [0.2, 0.25) is 0 Å². The number of nitrogens with zero attached hydrogens (tertiary/aromatic N) is 3. The fraction of sp³-hybridized carbons (Fsp3) is 0.296. The van der Waals surface area contributed by atoms with Gasteiger partial charge in [-0.1, -0.05) is 0 Å². The monoisotopic (exact) mass is 726 g/mol. The Morgan fingerprint density at radius 3 is 2.41 bits per heavy atom. The number of aromatic nitrogens is 1. The van der Waals surface area contributed by atoms with Crippen LogP contribution in [-0.2, 0) is 31.0 Å². The first-order valence-electron chi connectivity index (χ1n) is 13.0. The number of amides is 2. The van der Waals surface area contributed by atoms with Gasteiger partial charge in [-0.15, -0.1) is 0 Å². The zero-order chi connectivity index (χ0) is 32.3. The maximum atomic E-state index is 13.3. The standard InChI is InChI=1S/C27H27N3O10S3Se/c1-3-16(6-8-20-28(9-4-10-43(38,39)40)17-11-15(2)5-7-19(17)44-20)12-18-24(35)29(13-21(31)32)26(41-18)23-25(36)30(14-22(33)34)27(37)42-23/h5-8,11-12H,3-4,9-10,13-14H2,1-2H3,(H,31,32)(H,33,34)(H,38,39,40)/p-3/b16-6?,18-12?,20-8?,26-23+. The molecule has 4 rings (SSSR count). The molecule has 17 heteroatoms. The predicted octanol–water partition coefficient (Wildman–Crippen LogP) is -2.74. The van der Waals surface area contributed by atoms with Crippen molar-refractivity contribution in [2.45, 2.75) is 33.2 Å². The van der Waals surface area contributed by atoms with E-state index in [2.05, 4.69) is 0 Å². The molecule has 0 aliphatic carbocycles. The number of imide groups is 1. The first-order valence-corrected chi connectivity index (χ1v) is 17.9. The van der Waals surface area contributed by atoms with Gasteiger partial charge in [-0.25, -0.2) is 0 Å². The number of fused-ring (bicyclic) bond motifs is 1. The molecule has 0 spiro atoms. The molecule has 0 radical (unpaired) electrons. The van der Waals surface area contributed by atoms with Crippen LogP contribution in [0.4, 0.5) is 10.5 Å². The van der Waals surface area contributed by atoms with Gasteiger partial charge in [0.1, 0.15) is 0 Å². The van der Waals surface area contributed by atoms with E-state index in [4.69, 9.17) is 0 Å². The van der Waals surface area contributed by atoms with Crippen LogP contribution in [0.25, 0.3) is 11.0 Å². The number of carbonyl (C=O) groups is 4. The number of carboxylic acids is 2. The molecule has 1 aromatic heterocycles. The Balaban J connectivity index is 1.76. The quantitative estimate of drug-likeness (QED) is 0.171. The number of aryl methyl sites for hydroxylation is 1. The Hall–Kier alpha value is -3.47. The van der Waals surface area contributed by atoms with E-state index in [0.717, 1.165) is 36.2 Å². The summed E-state index contributed by atoms with van der Waals surface area (Å²) in [7, 11) is -4.37. The number of hydrogen-bond donors (Lipinski definition) is 0. The summed E-state index contributed by atoms with van der Waals surface area (Å²) in [5.74, 6) is -4.75. The number of hydrogen-bond acceptors (Lipinski definition) is 13. The summed E-state index contributed by atoms with van der Waals surface area (Å²) in [6.07, 6.45) is 5.76. The third kappa shape index (κ3) is 7.78. The molecule has 2 aromatic rings. The summed E-state index contributed by atoms with van der Waals surface area (Å²) in [5, 5.41) is 21.5. The molecule has 234 valence electrons. The number of carbonyl (C=O) groups excluding carboxylic acids is 4. The van der Waals surface area contributed by atoms with Crippen molar-refractivity contribution < 1.29 is 42.4 Å². The molecule has 0 unspecified atom stereocenters. The van der Waals surface area contributed by atoms with Crippen LogP contribution in [0.5, 0.6) is 0 Å². The minimum atomic E-state index is -4.37. The number of allylic oxidation sites excluding steroid dienone is 3. The third-order valence-electron chi connectivity index (χ3n) is 6.35. The number of thioether (sulfide) groups is 1. The minimum absolute atomic E-state index is 0.0767. The van der Waals surface area contributed by atoms with Crippen LogP contribution >= 0.6 is 23.1 Å². The number of rotatable bonds is 11. The summed E-state index contributed by atoms with van der Waals surface area (Å²) in [5.41, 5.74) is 1.88. The Morgan fingerprint density at radius 1 is 1.07 bits per heavy atom. The van der Waals surface area contributed by atoms with Gasteiger partial charge >= 0.3 is 251 Å². The number of benzene rings is 1. The second-order valence-corrected chi connectivity index (χ2v) is 15.3. The second kappa shape index (κ2) is 13.7. The van der Waals surface area contributed by atoms with Crippen molar-refractivity contribution in [2.75, 3.05) is 23.7 Å². The first-order chi connectivity index (χ1) is 20.7. The van der Waals surface area contributed by atoms with Gasteiger partial charge in [0.15, 0.2) is 0 Å². The third-order valence-corrected chi connectivity index (χ3v) is 11.7. The molecule has 0 saturated carbocycles. The van der Waals surface area contributed by atoms with E-state index in [1.54, 1.807) is 12.2 Å². The average molecular weight is 726 g/mol. The van der Waals surface area contributed by atoms with Gasteiger partial charge in [0.05, 0.1) is 5.97 Å². The number of aliphatic carboxylic acids is 2. The molecule has 0 atom stereocenters. The van der Waals surface area contributed by atoms with Gasteiger partial charge in [-0.3, -0.25) is 0 Å². The van der Waals surface area contributed by atoms with Crippen LogP contribution in [-0.4, -0.2) is 79.3 Å². The van der Waals surface area contributed by atoms with E-state index < -0.39 is 57.6 Å².